The Morgan fingerprint density at radius 1 is 0.947 bits per heavy atom. The summed E-state index contributed by atoms with van der Waals surface area (Å²) in [5.41, 5.74) is 2.38. The first kappa shape index (κ1) is 31.4. The van der Waals surface area contributed by atoms with Crippen LogP contribution in [0.5, 0.6) is 5.75 Å². The Balaban J connectivity index is 1.83. The van der Waals surface area contributed by atoms with E-state index in [1.54, 1.807) is 11.8 Å². The third-order valence-electron chi connectivity index (χ3n) is 6.48. The molecule has 2 N–H and O–H groups in total. The molecule has 0 aliphatic heterocycles. The summed E-state index contributed by atoms with van der Waals surface area (Å²) in [5, 5.41) is -0.379. The Morgan fingerprint density at radius 3 is 2.13 bits per heavy atom. The highest BCUT2D eigenvalue weighted by molar-refractivity contribution is 7.60. The average Bonchev–Trinajstić information content (AvgIpc) is 2.83. The van der Waals surface area contributed by atoms with E-state index in [-0.39, 0.29) is 28.9 Å². The SMILES string of the molecule is CC[N+](C)(C)Cc1ccc(CN(CCCCCC(=O)Oc2cc(C(C)=O)cc(P(=O)(O)O)c2)C(C)=O)cc1. The molecule has 0 heterocycles. The third kappa shape index (κ3) is 10.5. The molecule has 0 bridgehead atoms. The van der Waals surface area contributed by atoms with Crippen LogP contribution in [0.25, 0.3) is 0 Å². The van der Waals surface area contributed by atoms with Crippen LogP contribution in [0.1, 0.15) is 67.9 Å². The molecule has 2 aromatic rings. The van der Waals surface area contributed by atoms with Gasteiger partial charge in [-0.05, 0) is 50.5 Å². The molecule has 0 unspecified atom stereocenters. The van der Waals surface area contributed by atoms with Crippen molar-refractivity contribution in [3.8, 4) is 5.75 Å². The van der Waals surface area contributed by atoms with Crippen LogP contribution < -0.4 is 10.0 Å². The molecule has 208 valence electrons. The van der Waals surface area contributed by atoms with Crippen LogP contribution in [0.4, 0.5) is 0 Å². The number of ether oxygens (including phenoxy) is 1. The molecule has 2 aromatic carbocycles. The van der Waals surface area contributed by atoms with Crippen molar-refractivity contribution in [3.63, 3.8) is 0 Å². The molecule has 0 aromatic heterocycles. The first-order valence-electron chi connectivity index (χ1n) is 12.8. The van der Waals surface area contributed by atoms with Crippen LogP contribution in [0.15, 0.2) is 42.5 Å². The molecule has 0 saturated carbocycles. The molecule has 10 heteroatoms. The van der Waals surface area contributed by atoms with E-state index in [4.69, 9.17) is 4.74 Å². The highest BCUT2D eigenvalue weighted by Gasteiger charge is 2.21. The largest absolute Gasteiger partial charge is 0.426 e. The van der Waals surface area contributed by atoms with Crippen molar-refractivity contribution in [2.45, 2.75) is 59.5 Å². The fourth-order valence-corrected chi connectivity index (χ4v) is 4.47. The lowest BCUT2D eigenvalue weighted by atomic mass is 10.1. The second kappa shape index (κ2) is 13.8. The highest BCUT2D eigenvalue weighted by Crippen LogP contribution is 2.35. The number of rotatable bonds is 14. The minimum Gasteiger partial charge on any atom is -0.426 e. The number of nitrogens with zero attached hydrogens (tertiary/aromatic N) is 2. The molecule has 0 radical (unpaired) electrons. The zero-order valence-electron chi connectivity index (χ0n) is 23.0. The normalized spacial score (nSPS) is 11.8. The maximum atomic E-state index is 12.3. The predicted octanol–water partition coefficient (Wildman–Crippen LogP) is 3.80. The molecule has 0 atom stereocenters. The van der Waals surface area contributed by atoms with Crippen LogP contribution in [0.2, 0.25) is 0 Å². The summed E-state index contributed by atoms with van der Waals surface area (Å²) < 4.78 is 17.7. The Labute approximate surface area is 225 Å². The molecular formula is C28H40N2O7P+. The highest BCUT2D eigenvalue weighted by atomic mass is 31.2. The topological polar surface area (TPSA) is 121 Å². The minimum absolute atomic E-state index is 0.0107. The van der Waals surface area contributed by atoms with Gasteiger partial charge < -0.3 is 23.9 Å². The maximum Gasteiger partial charge on any atom is 0.356 e. The zero-order valence-corrected chi connectivity index (χ0v) is 23.9. The lowest BCUT2D eigenvalue weighted by Gasteiger charge is -2.28. The van der Waals surface area contributed by atoms with Crippen molar-refractivity contribution in [1.82, 2.24) is 4.90 Å². The molecule has 0 aliphatic rings. The van der Waals surface area contributed by atoms with E-state index in [1.165, 1.54) is 18.6 Å². The fraction of sp³-hybridized carbons (Fsp3) is 0.464. The van der Waals surface area contributed by atoms with Crippen molar-refractivity contribution in [2.75, 3.05) is 27.2 Å². The number of carbonyl (C=O) groups excluding carboxylic acids is 3. The van der Waals surface area contributed by atoms with Crippen LogP contribution in [-0.4, -0.2) is 64.0 Å². The van der Waals surface area contributed by atoms with E-state index in [1.807, 2.05) is 0 Å². The number of benzene rings is 2. The number of esters is 1. The second-order valence-electron chi connectivity index (χ2n) is 10.3. The summed E-state index contributed by atoms with van der Waals surface area (Å²) in [4.78, 5) is 56.7. The average molecular weight is 548 g/mol. The molecule has 0 saturated heterocycles. The summed E-state index contributed by atoms with van der Waals surface area (Å²) in [7, 11) is -0.230. The van der Waals surface area contributed by atoms with Gasteiger partial charge in [0.2, 0.25) is 5.91 Å². The van der Waals surface area contributed by atoms with Crippen molar-refractivity contribution in [3.05, 3.63) is 59.2 Å². The van der Waals surface area contributed by atoms with Gasteiger partial charge in [0.25, 0.3) is 0 Å². The van der Waals surface area contributed by atoms with Gasteiger partial charge in [-0.3, -0.25) is 18.9 Å². The molecule has 0 fully saturated rings. The summed E-state index contributed by atoms with van der Waals surface area (Å²) >= 11 is 0. The second-order valence-corrected chi connectivity index (χ2v) is 11.9. The first-order valence-corrected chi connectivity index (χ1v) is 14.4. The van der Waals surface area contributed by atoms with Crippen LogP contribution in [0, 0.1) is 0 Å². The van der Waals surface area contributed by atoms with Crippen molar-refractivity contribution < 1.29 is 38.0 Å². The van der Waals surface area contributed by atoms with Gasteiger partial charge in [-0.1, -0.05) is 30.7 Å². The Hall–Kier alpha value is -2.84. The lowest BCUT2D eigenvalue weighted by Crippen LogP contribution is -2.38. The standard InChI is InChI=1S/C28H39N2O7P/c1-6-30(4,5)20-24-13-11-23(12-14-24)19-29(22(3)32)15-9-7-8-10-28(33)37-26-16-25(21(2)31)17-27(18-26)38(34,35)36/h11-14,16-18H,6-10,15,19-20H2,1-5H3,(H-,34,35,36)/p+1. The third-order valence-corrected chi connectivity index (χ3v) is 7.41. The van der Waals surface area contributed by atoms with Crippen LogP contribution in [0.3, 0.4) is 0 Å². The molecular weight excluding hydrogens is 507 g/mol. The number of Topliss-reactive ketones (excluding diaryl/α,β-unsaturated/α-hetero) is 1. The van der Waals surface area contributed by atoms with Gasteiger partial charge >= 0.3 is 13.6 Å². The summed E-state index contributed by atoms with van der Waals surface area (Å²) in [6.07, 6.45) is 2.05. The van der Waals surface area contributed by atoms with Gasteiger partial charge in [0.15, 0.2) is 5.78 Å². The van der Waals surface area contributed by atoms with Gasteiger partial charge in [0.05, 0.1) is 25.9 Å². The summed E-state index contributed by atoms with van der Waals surface area (Å²) in [6.45, 7) is 8.06. The minimum atomic E-state index is -4.62. The zero-order chi connectivity index (χ0) is 28.5. The number of hydrogen-bond acceptors (Lipinski definition) is 5. The van der Waals surface area contributed by atoms with E-state index in [9.17, 15) is 28.7 Å². The number of hydrogen-bond donors (Lipinski definition) is 2. The molecule has 0 aliphatic carbocycles. The quantitative estimate of drug-likeness (QED) is 0.0922. The first-order chi connectivity index (χ1) is 17.7. The van der Waals surface area contributed by atoms with Gasteiger partial charge in [-0.2, -0.15) is 0 Å². The Kier molecular flexibility index (Phi) is 11.4. The van der Waals surface area contributed by atoms with E-state index >= 15 is 0 Å². The summed E-state index contributed by atoms with van der Waals surface area (Å²) in [5.74, 6) is -1.05. The number of quaternary nitrogens is 1. The number of amides is 1. The smallest absolute Gasteiger partial charge is 0.356 e. The Morgan fingerprint density at radius 2 is 1.58 bits per heavy atom. The van der Waals surface area contributed by atoms with Gasteiger partial charge in [0, 0.05) is 37.6 Å². The maximum absolute atomic E-state index is 12.3. The molecule has 1 amide bonds. The summed E-state index contributed by atoms with van der Waals surface area (Å²) in [6, 6.07) is 11.8. The monoisotopic (exact) mass is 547 g/mol. The van der Waals surface area contributed by atoms with E-state index < -0.39 is 19.3 Å². The fourth-order valence-electron chi connectivity index (χ4n) is 3.87. The molecule has 38 heavy (non-hydrogen) atoms. The van der Waals surface area contributed by atoms with Crippen LogP contribution >= 0.6 is 7.60 Å². The van der Waals surface area contributed by atoms with E-state index in [0.29, 0.717) is 25.9 Å². The van der Waals surface area contributed by atoms with Crippen molar-refractivity contribution in [1.29, 1.82) is 0 Å². The molecule has 2 rings (SSSR count). The van der Waals surface area contributed by atoms with Crippen molar-refractivity contribution in [2.24, 2.45) is 0 Å². The Bertz CT molecular complexity index is 1170. The van der Waals surface area contributed by atoms with Gasteiger partial charge in [-0.25, -0.2) is 0 Å². The van der Waals surface area contributed by atoms with Crippen LogP contribution in [-0.2, 0) is 27.2 Å². The van der Waals surface area contributed by atoms with Gasteiger partial charge in [-0.15, -0.1) is 0 Å². The number of unbranched alkanes of at least 4 members (excludes halogenated alkanes) is 2. The van der Waals surface area contributed by atoms with E-state index in [2.05, 4.69) is 45.3 Å². The van der Waals surface area contributed by atoms with Crippen molar-refractivity contribution >= 4 is 30.6 Å². The molecule has 9 nitrogen and oxygen atoms in total. The number of carbonyl (C=O) groups is 3. The molecule has 0 spiro atoms. The number of ketones is 1. The van der Waals surface area contributed by atoms with Gasteiger partial charge in [0.1, 0.15) is 12.3 Å². The lowest BCUT2D eigenvalue weighted by molar-refractivity contribution is -0.901. The van der Waals surface area contributed by atoms with E-state index in [0.717, 1.165) is 41.7 Å². The predicted molar refractivity (Wildman–Crippen MR) is 146 cm³/mol.